The molecule has 20 heavy (non-hydrogen) atoms. The van der Waals surface area contributed by atoms with Gasteiger partial charge < -0.3 is 10.5 Å². The molecule has 0 aliphatic carbocycles. The van der Waals surface area contributed by atoms with Crippen molar-refractivity contribution >= 4 is 23.4 Å². The second-order valence-electron chi connectivity index (χ2n) is 4.02. The highest BCUT2D eigenvalue weighted by Crippen LogP contribution is 2.11. The van der Waals surface area contributed by atoms with Crippen molar-refractivity contribution in [2.24, 2.45) is 5.73 Å². The molecule has 0 aliphatic heterocycles. The third-order valence-electron chi connectivity index (χ3n) is 2.45. The Hall–Kier alpha value is -2.07. The van der Waals surface area contributed by atoms with Gasteiger partial charge in [-0.1, -0.05) is 11.6 Å². The lowest BCUT2D eigenvalue weighted by molar-refractivity contribution is -0.138. The summed E-state index contributed by atoms with van der Waals surface area (Å²) in [5, 5.41) is 0.551. The van der Waals surface area contributed by atoms with Crippen LogP contribution in [-0.2, 0) is 9.53 Å². The lowest BCUT2D eigenvalue weighted by atomic mass is 10.1. The van der Waals surface area contributed by atoms with Gasteiger partial charge in [0.1, 0.15) is 0 Å². The highest BCUT2D eigenvalue weighted by Gasteiger charge is 2.10. The Balaban J connectivity index is 2.89. The number of rotatable bonds is 5. The van der Waals surface area contributed by atoms with Crippen LogP contribution >= 0.6 is 11.6 Å². The Labute approximate surface area is 122 Å². The number of carbonyl (C=O) groups is 2. The third kappa shape index (κ3) is 4.55. The molecule has 0 radical (unpaired) electrons. The van der Waals surface area contributed by atoms with Crippen LogP contribution in [0.5, 0.6) is 0 Å². The number of hydrogen-bond donors (Lipinski definition) is 1. The van der Waals surface area contributed by atoms with Gasteiger partial charge in [-0.2, -0.15) is 0 Å². The van der Waals surface area contributed by atoms with Gasteiger partial charge in [0, 0.05) is 16.3 Å². The Morgan fingerprint density at radius 2 is 1.85 bits per heavy atom. The largest absolute Gasteiger partial charge is 0.462 e. The number of allylic oxidation sites excluding steroid dienone is 2. The third-order valence-corrected chi connectivity index (χ3v) is 2.70. The van der Waals surface area contributed by atoms with Crippen LogP contribution in [0.2, 0.25) is 5.02 Å². The number of ketones is 1. The fraction of sp³-hybridized carbons (Fsp3) is 0.200. The first-order chi connectivity index (χ1) is 9.45. The zero-order valence-electron chi connectivity index (χ0n) is 11.4. The fourth-order valence-electron chi connectivity index (χ4n) is 1.44. The molecule has 0 atom stereocenters. The Morgan fingerprint density at radius 1 is 1.25 bits per heavy atom. The number of benzene rings is 1. The van der Waals surface area contributed by atoms with Crippen molar-refractivity contribution < 1.29 is 14.3 Å². The smallest absolute Gasteiger partial charge is 0.339 e. The monoisotopic (exact) mass is 293 g/mol. The van der Waals surface area contributed by atoms with Crippen molar-refractivity contribution in [2.45, 2.75) is 13.8 Å². The molecule has 106 valence electrons. The van der Waals surface area contributed by atoms with Gasteiger partial charge in [0.15, 0.2) is 5.78 Å². The summed E-state index contributed by atoms with van der Waals surface area (Å²) in [6.45, 7) is 3.52. The second kappa shape index (κ2) is 7.50. The number of halogens is 1. The van der Waals surface area contributed by atoms with Crippen LogP contribution in [0.1, 0.15) is 24.2 Å². The zero-order valence-corrected chi connectivity index (χ0v) is 12.1. The van der Waals surface area contributed by atoms with Gasteiger partial charge in [-0.15, -0.1) is 0 Å². The molecule has 1 aromatic carbocycles. The van der Waals surface area contributed by atoms with E-state index in [2.05, 4.69) is 0 Å². The summed E-state index contributed by atoms with van der Waals surface area (Å²) in [5.74, 6) is -0.794. The van der Waals surface area contributed by atoms with E-state index in [-0.39, 0.29) is 18.0 Å². The van der Waals surface area contributed by atoms with Crippen LogP contribution in [0.4, 0.5) is 0 Å². The minimum absolute atomic E-state index is 0.175. The molecule has 5 heteroatoms. The Bertz CT molecular complexity index is 555. The van der Waals surface area contributed by atoms with E-state index in [0.717, 1.165) is 0 Å². The second-order valence-corrected chi connectivity index (χ2v) is 4.46. The molecule has 1 aromatic rings. The summed E-state index contributed by atoms with van der Waals surface area (Å²) in [6, 6.07) is 6.47. The number of nitrogens with two attached hydrogens (primary N) is 1. The summed E-state index contributed by atoms with van der Waals surface area (Å²) < 4.78 is 4.86. The van der Waals surface area contributed by atoms with Gasteiger partial charge in [0.2, 0.25) is 0 Å². The molecular formula is C15H16ClNO3. The molecule has 0 saturated carbocycles. The molecule has 1 rings (SSSR count). The molecule has 0 amide bonds. The number of hydrogen-bond acceptors (Lipinski definition) is 4. The SMILES string of the molecule is CCOC(=O)C(/C=C/C(=O)c1ccc(Cl)cc1)=C(/C)N. The van der Waals surface area contributed by atoms with Gasteiger partial charge in [-0.3, -0.25) is 4.79 Å². The van der Waals surface area contributed by atoms with E-state index in [1.807, 2.05) is 0 Å². The predicted octanol–water partition coefficient (Wildman–Crippen LogP) is 2.87. The average Bonchev–Trinajstić information content (AvgIpc) is 2.39. The quantitative estimate of drug-likeness (QED) is 0.392. The molecule has 0 spiro atoms. The first kappa shape index (κ1) is 16.0. The lowest BCUT2D eigenvalue weighted by Crippen LogP contribution is -2.11. The lowest BCUT2D eigenvalue weighted by Gasteiger charge is -2.04. The molecule has 0 saturated heterocycles. The number of carbonyl (C=O) groups excluding carboxylic acids is 2. The molecule has 0 heterocycles. The minimum atomic E-state index is -0.548. The van der Waals surface area contributed by atoms with Gasteiger partial charge in [0.05, 0.1) is 12.2 Å². The maximum atomic E-state index is 11.9. The van der Waals surface area contributed by atoms with Gasteiger partial charge in [0.25, 0.3) is 0 Å². The van der Waals surface area contributed by atoms with Crippen LogP contribution in [0.25, 0.3) is 0 Å². The Morgan fingerprint density at radius 3 is 2.35 bits per heavy atom. The van der Waals surface area contributed by atoms with Crippen molar-refractivity contribution in [2.75, 3.05) is 6.61 Å². The molecule has 0 aromatic heterocycles. The summed E-state index contributed by atoms with van der Waals surface area (Å²) >= 11 is 5.75. The average molecular weight is 294 g/mol. The molecule has 0 fully saturated rings. The summed E-state index contributed by atoms with van der Waals surface area (Å²) in [6.07, 6.45) is 2.65. The maximum absolute atomic E-state index is 11.9. The number of esters is 1. The van der Waals surface area contributed by atoms with E-state index < -0.39 is 5.97 Å². The molecule has 0 aliphatic rings. The zero-order chi connectivity index (χ0) is 15.1. The summed E-state index contributed by atoms with van der Waals surface area (Å²) in [5.41, 5.74) is 6.56. The summed E-state index contributed by atoms with van der Waals surface area (Å²) in [7, 11) is 0. The normalized spacial score (nSPS) is 12.2. The first-order valence-corrected chi connectivity index (χ1v) is 6.45. The van der Waals surface area contributed by atoms with E-state index in [9.17, 15) is 9.59 Å². The maximum Gasteiger partial charge on any atom is 0.339 e. The van der Waals surface area contributed by atoms with E-state index in [0.29, 0.717) is 16.3 Å². The Kier molecular flexibility index (Phi) is 6.00. The predicted molar refractivity (Wildman–Crippen MR) is 78.4 cm³/mol. The molecule has 4 nitrogen and oxygen atoms in total. The van der Waals surface area contributed by atoms with Crippen molar-refractivity contribution in [3.63, 3.8) is 0 Å². The number of ether oxygens (including phenoxy) is 1. The van der Waals surface area contributed by atoms with Crippen LogP contribution in [0.3, 0.4) is 0 Å². The van der Waals surface area contributed by atoms with Crippen molar-refractivity contribution in [3.05, 3.63) is 58.3 Å². The van der Waals surface area contributed by atoms with Crippen LogP contribution < -0.4 is 5.73 Å². The van der Waals surface area contributed by atoms with E-state index in [4.69, 9.17) is 22.1 Å². The standard InChI is InChI=1S/C15H16ClNO3/c1-3-20-15(19)13(10(2)17)8-9-14(18)11-4-6-12(16)7-5-11/h4-9H,3,17H2,1-2H3/b9-8+,13-10-. The fourth-order valence-corrected chi connectivity index (χ4v) is 1.56. The van der Waals surface area contributed by atoms with Crippen LogP contribution in [0.15, 0.2) is 47.7 Å². The molecule has 2 N–H and O–H groups in total. The topological polar surface area (TPSA) is 69.4 Å². The highest BCUT2D eigenvalue weighted by molar-refractivity contribution is 6.30. The summed E-state index contributed by atoms with van der Waals surface area (Å²) in [4.78, 5) is 23.6. The highest BCUT2D eigenvalue weighted by atomic mass is 35.5. The van der Waals surface area contributed by atoms with Crippen molar-refractivity contribution in [3.8, 4) is 0 Å². The van der Waals surface area contributed by atoms with Crippen molar-refractivity contribution in [1.82, 2.24) is 0 Å². The van der Waals surface area contributed by atoms with Crippen molar-refractivity contribution in [1.29, 1.82) is 0 Å². The molecular weight excluding hydrogens is 278 g/mol. The minimum Gasteiger partial charge on any atom is -0.462 e. The molecule has 0 unspecified atom stereocenters. The van der Waals surface area contributed by atoms with E-state index in [1.54, 1.807) is 38.1 Å². The van der Waals surface area contributed by atoms with E-state index in [1.165, 1.54) is 12.2 Å². The van der Waals surface area contributed by atoms with E-state index >= 15 is 0 Å². The van der Waals surface area contributed by atoms with Crippen LogP contribution in [-0.4, -0.2) is 18.4 Å². The first-order valence-electron chi connectivity index (χ1n) is 6.07. The van der Waals surface area contributed by atoms with Gasteiger partial charge in [-0.25, -0.2) is 4.79 Å². The van der Waals surface area contributed by atoms with Gasteiger partial charge >= 0.3 is 5.97 Å². The van der Waals surface area contributed by atoms with Crippen LogP contribution in [0, 0.1) is 0 Å². The molecule has 0 bridgehead atoms. The van der Waals surface area contributed by atoms with Gasteiger partial charge in [-0.05, 0) is 50.3 Å².